The lowest BCUT2D eigenvalue weighted by Gasteiger charge is -2.21. The highest BCUT2D eigenvalue weighted by Crippen LogP contribution is 2.17. The van der Waals surface area contributed by atoms with Crippen LogP contribution in [0.4, 0.5) is 0 Å². The second kappa shape index (κ2) is 4.79. The van der Waals surface area contributed by atoms with E-state index in [0.29, 0.717) is 5.75 Å². The molecular formula is C9H13ClO3Si. The smallest absolute Gasteiger partial charge is 0.481 e. The highest BCUT2D eigenvalue weighted by atomic mass is 35.6. The summed E-state index contributed by atoms with van der Waals surface area (Å²) >= 11 is 6.23. The van der Waals surface area contributed by atoms with Gasteiger partial charge in [-0.15, -0.1) is 0 Å². The topological polar surface area (TPSA) is 27.7 Å². The molecule has 1 rings (SSSR count). The Hall–Kier alpha value is -0.553. The monoisotopic (exact) mass is 232 g/mol. The summed E-state index contributed by atoms with van der Waals surface area (Å²) < 4.78 is 15.6. The van der Waals surface area contributed by atoms with Crippen LogP contribution in [0.3, 0.4) is 0 Å². The summed E-state index contributed by atoms with van der Waals surface area (Å²) in [6, 6.07) is 7.43. The first-order valence-electron chi connectivity index (χ1n) is 4.10. The lowest BCUT2D eigenvalue weighted by molar-refractivity contribution is 0.279. The van der Waals surface area contributed by atoms with Crippen molar-refractivity contribution in [2.75, 3.05) is 21.3 Å². The van der Waals surface area contributed by atoms with E-state index in [0.717, 1.165) is 5.19 Å². The van der Waals surface area contributed by atoms with Crippen LogP contribution in [0.15, 0.2) is 24.3 Å². The number of halogens is 1. The number of hydrogen-bond donors (Lipinski definition) is 0. The fourth-order valence-corrected chi connectivity index (χ4v) is 3.04. The zero-order chi connectivity index (χ0) is 10.6. The Kier molecular flexibility index (Phi) is 3.94. The van der Waals surface area contributed by atoms with Gasteiger partial charge in [-0.25, -0.2) is 0 Å². The Morgan fingerprint density at radius 2 is 1.64 bits per heavy atom. The van der Waals surface area contributed by atoms with Crippen molar-refractivity contribution in [3.8, 4) is 5.75 Å². The van der Waals surface area contributed by atoms with Crippen molar-refractivity contribution < 1.29 is 13.6 Å². The highest BCUT2D eigenvalue weighted by molar-refractivity contribution is 7.20. The Morgan fingerprint density at radius 1 is 1.07 bits per heavy atom. The fraction of sp³-hybridized carbons (Fsp3) is 0.333. The van der Waals surface area contributed by atoms with Gasteiger partial charge in [-0.05, 0) is 6.07 Å². The predicted molar refractivity (Wildman–Crippen MR) is 58.3 cm³/mol. The molecule has 1 aromatic carbocycles. The fourth-order valence-electron chi connectivity index (χ4n) is 1.19. The Bertz CT molecular complexity index is 302. The molecule has 0 saturated heterocycles. The largest absolute Gasteiger partial charge is 0.497 e. The zero-order valence-electron chi connectivity index (χ0n) is 8.41. The predicted octanol–water partition coefficient (Wildman–Crippen LogP) is 1.37. The summed E-state index contributed by atoms with van der Waals surface area (Å²) in [5.41, 5.74) is 0. The van der Waals surface area contributed by atoms with Crippen molar-refractivity contribution in [3.05, 3.63) is 24.3 Å². The van der Waals surface area contributed by atoms with Gasteiger partial charge in [-0.3, -0.25) is 0 Å². The van der Waals surface area contributed by atoms with E-state index >= 15 is 0 Å². The van der Waals surface area contributed by atoms with E-state index < -0.39 is 7.87 Å². The van der Waals surface area contributed by atoms with E-state index in [1.165, 1.54) is 14.2 Å². The minimum atomic E-state index is -2.79. The molecule has 0 unspecified atom stereocenters. The van der Waals surface area contributed by atoms with Gasteiger partial charge >= 0.3 is 7.87 Å². The van der Waals surface area contributed by atoms with Crippen LogP contribution in [0.25, 0.3) is 0 Å². The molecule has 5 heteroatoms. The SMILES string of the molecule is COc1ccccc1[Si](Cl)(OC)OC. The molecule has 14 heavy (non-hydrogen) atoms. The number of benzene rings is 1. The number of rotatable bonds is 4. The van der Waals surface area contributed by atoms with Crippen molar-refractivity contribution in [2.45, 2.75) is 0 Å². The lowest BCUT2D eigenvalue weighted by atomic mass is 10.3. The number of ether oxygens (including phenoxy) is 1. The van der Waals surface area contributed by atoms with Crippen LogP contribution in [0.1, 0.15) is 0 Å². The molecular weight excluding hydrogens is 220 g/mol. The highest BCUT2D eigenvalue weighted by Gasteiger charge is 2.39. The van der Waals surface area contributed by atoms with Gasteiger partial charge in [0.15, 0.2) is 0 Å². The number of para-hydroxylation sites is 1. The molecule has 0 fully saturated rings. The third kappa shape index (κ3) is 2.09. The first-order valence-corrected chi connectivity index (χ1v) is 6.93. The van der Waals surface area contributed by atoms with E-state index in [1.807, 2.05) is 24.3 Å². The van der Waals surface area contributed by atoms with Crippen molar-refractivity contribution in [1.29, 1.82) is 0 Å². The summed E-state index contributed by atoms with van der Waals surface area (Å²) in [7, 11) is 1.88. The van der Waals surface area contributed by atoms with Gasteiger partial charge < -0.3 is 13.6 Å². The maximum atomic E-state index is 6.23. The molecule has 1 aromatic rings. The third-order valence-electron chi connectivity index (χ3n) is 1.95. The van der Waals surface area contributed by atoms with Crippen LogP contribution in [-0.2, 0) is 8.85 Å². The first kappa shape index (κ1) is 11.5. The number of hydrogen-bond acceptors (Lipinski definition) is 3. The van der Waals surface area contributed by atoms with Crippen LogP contribution in [-0.4, -0.2) is 29.2 Å². The summed E-state index contributed by atoms with van der Waals surface area (Å²) in [6.07, 6.45) is 0. The van der Waals surface area contributed by atoms with Gasteiger partial charge in [-0.2, -0.15) is 0 Å². The second-order valence-corrected chi connectivity index (χ2v) is 6.57. The summed E-state index contributed by atoms with van der Waals surface area (Å²) in [5.74, 6) is 0.692. The summed E-state index contributed by atoms with van der Waals surface area (Å²) in [6.45, 7) is 0. The molecule has 0 aromatic heterocycles. The van der Waals surface area contributed by atoms with Crippen LogP contribution >= 0.6 is 11.1 Å². The minimum Gasteiger partial charge on any atom is -0.497 e. The molecule has 3 nitrogen and oxygen atoms in total. The van der Waals surface area contributed by atoms with E-state index in [1.54, 1.807) is 7.11 Å². The van der Waals surface area contributed by atoms with Crippen molar-refractivity contribution >= 4 is 24.1 Å². The molecule has 0 spiro atoms. The van der Waals surface area contributed by atoms with Crippen LogP contribution in [0.5, 0.6) is 5.75 Å². The summed E-state index contributed by atoms with van der Waals surface area (Å²) in [4.78, 5) is 0. The number of methoxy groups -OCH3 is 1. The molecule has 0 aliphatic heterocycles. The molecule has 0 bridgehead atoms. The standard InChI is InChI=1S/C9H13ClO3Si/c1-11-8-6-4-5-7-9(8)14(10,12-2)13-3/h4-7H,1-3H3. The van der Waals surface area contributed by atoms with Crippen molar-refractivity contribution in [2.24, 2.45) is 0 Å². The van der Waals surface area contributed by atoms with Crippen LogP contribution in [0, 0.1) is 0 Å². The van der Waals surface area contributed by atoms with Crippen molar-refractivity contribution in [1.82, 2.24) is 0 Å². The van der Waals surface area contributed by atoms with Gasteiger partial charge in [0, 0.05) is 14.2 Å². The molecule has 0 saturated carbocycles. The molecule has 0 aliphatic carbocycles. The van der Waals surface area contributed by atoms with Crippen LogP contribution < -0.4 is 9.92 Å². The Labute approximate surface area is 89.5 Å². The van der Waals surface area contributed by atoms with E-state index in [-0.39, 0.29) is 0 Å². The van der Waals surface area contributed by atoms with Crippen LogP contribution in [0.2, 0.25) is 0 Å². The van der Waals surface area contributed by atoms with E-state index in [4.69, 9.17) is 24.7 Å². The zero-order valence-corrected chi connectivity index (χ0v) is 10.2. The molecule has 78 valence electrons. The Morgan fingerprint density at radius 3 is 2.14 bits per heavy atom. The Balaban J connectivity index is 3.15. The minimum absolute atomic E-state index is 0.692. The molecule has 0 radical (unpaired) electrons. The van der Waals surface area contributed by atoms with Gasteiger partial charge in [0.05, 0.1) is 12.3 Å². The van der Waals surface area contributed by atoms with Crippen molar-refractivity contribution in [3.63, 3.8) is 0 Å². The lowest BCUT2D eigenvalue weighted by Crippen LogP contribution is -2.47. The average molecular weight is 233 g/mol. The molecule has 0 aliphatic rings. The normalized spacial score (nSPS) is 11.4. The third-order valence-corrected chi connectivity index (χ3v) is 5.60. The van der Waals surface area contributed by atoms with Gasteiger partial charge in [0.2, 0.25) is 0 Å². The average Bonchev–Trinajstić information content (AvgIpc) is 2.28. The second-order valence-electron chi connectivity index (χ2n) is 2.64. The van der Waals surface area contributed by atoms with E-state index in [2.05, 4.69) is 0 Å². The first-order chi connectivity index (χ1) is 6.68. The maximum Gasteiger partial charge on any atom is 0.481 e. The molecule has 0 heterocycles. The van der Waals surface area contributed by atoms with Gasteiger partial charge in [-0.1, -0.05) is 29.3 Å². The summed E-state index contributed by atoms with van der Waals surface area (Å²) in [5, 5.41) is 0.786. The quantitative estimate of drug-likeness (QED) is 0.580. The van der Waals surface area contributed by atoms with Gasteiger partial charge in [0.1, 0.15) is 5.75 Å². The molecule has 0 N–H and O–H groups in total. The maximum absolute atomic E-state index is 6.23. The van der Waals surface area contributed by atoms with Gasteiger partial charge in [0.25, 0.3) is 0 Å². The molecule has 0 amide bonds. The molecule has 0 atom stereocenters. The van der Waals surface area contributed by atoms with E-state index in [9.17, 15) is 0 Å².